The fourth-order valence-electron chi connectivity index (χ4n) is 3.96. The van der Waals surface area contributed by atoms with E-state index in [0.29, 0.717) is 12.0 Å². The molecule has 1 aromatic carbocycles. The Morgan fingerprint density at radius 3 is 2.35 bits per heavy atom. The largest absolute Gasteiger partial charge is 0.337 e. The molecule has 0 radical (unpaired) electrons. The SMILES string of the molecule is CCN(C(=O)CN1C(=O)N[C@](C)(c2ccc(S(C)(=O)=O)cc2)C1=O)[C@@H]1CCS(=O)(=O)C1. The summed E-state index contributed by atoms with van der Waals surface area (Å²) >= 11 is 0. The van der Waals surface area contributed by atoms with Gasteiger partial charge in [0, 0.05) is 18.8 Å². The molecular formula is C19H25N3O7S2. The van der Waals surface area contributed by atoms with Gasteiger partial charge < -0.3 is 10.2 Å². The van der Waals surface area contributed by atoms with Gasteiger partial charge in [0.15, 0.2) is 19.7 Å². The highest BCUT2D eigenvalue weighted by Gasteiger charge is 2.50. The number of imide groups is 1. The van der Waals surface area contributed by atoms with E-state index in [4.69, 9.17) is 0 Å². The number of nitrogens with one attached hydrogen (secondary N) is 1. The summed E-state index contributed by atoms with van der Waals surface area (Å²) in [6.07, 6.45) is 1.39. The fraction of sp³-hybridized carbons (Fsp3) is 0.526. The first-order valence-corrected chi connectivity index (χ1v) is 13.4. The van der Waals surface area contributed by atoms with Crippen LogP contribution in [-0.4, -0.2) is 81.4 Å². The molecule has 10 nitrogen and oxygen atoms in total. The van der Waals surface area contributed by atoms with Crippen LogP contribution in [0.3, 0.4) is 0 Å². The third-order valence-corrected chi connectivity index (χ3v) is 8.62. The molecule has 31 heavy (non-hydrogen) atoms. The van der Waals surface area contributed by atoms with Crippen LogP contribution in [0.15, 0.2) is 29.2 Å². The summed E-state index contributed by atoms with van der Waals surface area (Å²) < 4.78 is 46.8. The van der Waals surface area contributed by atoms with Crippen LogP contribution in [0.2, 0.25) is 0 Å². The van der Waals surface area contributed by atoms with E-state index in [1.807, 2.05) is 0 Å². The van der Waals surface area contributed by atoms with Crippen LogP contribution < -0.4 is 5.32 Å². The molecule has 12 heteroatoms. The molecule has 3 rings (SSSR count). The molecule has 0 aromatic heterocycles. The van der Waals surface area contributed by atoms with E-state index >= 15 is 0 Å². The number of carbonyl (C=O) groups is 3. The van der Waals surface area contributed by atoms with Gasteiger partial charge in [0.2, 0.25) is 5.91 Å². The maximum absolute atomic E-state index is 13.0. The second kappa shape index (κ2) is 7.90. The van der Waals surface area contributed by atoms with Crippen molar-refractivity contribution in [1.29, 1.82) is 0 Å². The zero-order chi connectivity index (χ0) is 23.2. The molecule has 0 saturated carbocycles. The molecule has 0 spiro atoms. The van der Waals surface area contributed by atoms with Crippen molar-refractivity contribution >= 4 is 37.5 Å². The minimum absolute atomic E-state index is 0.00608. The molecule has 0 bridgehead atoms. The molecule has 2 heterocycles. The van der Waals surface area contributed by atoms with Crippen molar-refractivity contribution in [3.05, 3.63) is 29.8 Å². The van der Waals surface area contributed by atoms with Crippen LogP contribution in [-0.2, 0) is 34.8 Å². The van der Waals surface area contributed by atoms with E-state index in [9.17, 15) is 31.2 Å². The Morgan fingerprint density at radius 2 is 1.87 bits per heavy atom. The molecule has 4 amide bonds. The van der Waals surface area contributed by atoms with Crippen LogP contribution in [0.25, 0.3) is 0 Å². The Morgan fingerprint density at radius 1 is 1.26 bits per heavy atom. The van der Waals surface area contributed by atoms with E-state index in [0.717, 1.165) is 11.2 Å². The maximum atomic E-state index is 13.0. The van der Waals surface area contributed by atoms with Crippen molar-refractivity contribution in [3.8, 4) is 0 Å². The fourth-order valence-corrected chi connectivity index (χ4v) is 6.32. The highest BCUT2D eigenvalue weighted by Crippen LogP contribution is 2.30. The van der Waals surface area contributed by atoms with Crippen LogP contribution in [0.4, 0.5) is 4.79 Å². The van der Waals surface area contributed by atoms with Crippen molar-refractivity contribution in [2.45, 2.75) is 36.7 Å². The molecule has 1 aromatic rings. The number of amides is 4. The van der Waals surface area contributed by atoms with Gasteiger partial charge in [-0.05, 0) is 38.0 Å². The Hall–Kier alpha value is -2.47. The lowest BCUT2D eigenvalue weighted by Gasteiger charge is -2.28. The summed E-state index contributed by atoms with van der Waals surface area (Å²) in [5, 5.41) is 2.57. The number of rotatable bonds is 6. The van der Waals surface area contributed by atoms with Gasteiger partial charge in [0.1, 0.15) is 12.1 Å². The predicted molar refractivity (Wildman–Crippen MR) is 112 cm³/mol. The number of hydrogen-bond acceptors (Lipinski definition) is 7. The van der Waals surface area contributed by atoms with Gasteiger partial charge in [-0.3, -0.25) is 14.5 Å². The summed E-state index contributed by atoms with van der Waals surface area (Å²) in [6, 6.07) is 4.37. The lowest BCUT2D eigenvalue weighted by molar-refractivity contribution is -0.139. The Kier molecular flexibility index (Phi) is 5.91. The second-order valence-electron chi connectivity index (χ2n) is 7.98. The van der Waals surface area contributed by atoms with Gasteiger partial charge in [-0.15, -0.1) is 0 Å². The number of hydrogen-bond donors (Lipinski definition) is 1. The first-order chi connectivity index (χ1) is 14.3. The lowest BCUT2D eigenvalue weighted by Crippen LogP contribution is -2.48. The second-order valence-corrected chi connectivity index (χ2v) is 12.2. The Bertz CT molecular complexity index is 1130. The molecule has 0 unspecified atom stereocenters. The van der Waals surface area contributed by atoms with Crippen LogP contribution in [0.1, 0.15) is 25.8 Å². The summed E-state index contributed by atoms with van der Waals surface area (Å²) in [5.74, 6) is -1.28. The minimum atomic E-state index is -3.42. The molecule has 2 saturated heterocycles. The first-order valence-electron chi connectivity index (χ1n) is 9.73. The predicted octanol–water partition coefficient (Wildman–Crippen LogP) is -0.107. The van der Waals surface area contributed by atoms with E-state index in [2.05, 4.69) is 5.32 Å². The first kappa shape index (κ1) is 23.2. The van der Waals surface area contributed by atoms with E-state index in [1.165, 1.54) is 36.1 Å². The van der Waals surface area contributed by atoms with E-state index in [-0.39, 0.29) is 22.9 Å². The van der Waals surface area contributed by atoms with Crippen molar-refractivity contribution in [3.63, 3.8) is 0 Å². The average molecular weight is 472 g/mol. The smallest absolute Gasteiger partial charge is 0.325 e. The third-order valence-electron chi connectivity index (χ3n) is 5.74. The molecule has 1 N–H and O–H groups in total. The van der Waals surface area contributed by atoms with Gasteiger partial charge in [-0.2, -0.15) is 0 Å². The standard InChI is InChI=1S/C19H25N3O7S2/c1-4-21(14-9-10-31(28,29)12-14)16(23)11-22-17(24)19(2,20-18(22)25)13-5-7-15(8-6-13)30(3,26)27/h5-8,14H,4,9-12H2,1-3H3,(H,20,25)/t14-,19-/m1/s1. The topological polar surface area (TPSA) is 138 Å². The molecule has 0 aliphatic carbocycles. The molecule has 2 fully saturated rings. The Balaban J connectivity index is 1.78. The zero-order valence-corrected chi connectivity index (χ0v) is 19.1. The van der Waals surface area contributed by atoms with Gasteiger partial charge in [0.05, 0.1) is 16.4 Å². The molecule has 170 valence electrons. The van der Waals surface area contributed by atoms with Crippen molar-refractivity contribution < 1.29 is 31.2 Å². The summed E-state index contributed by atoms with van der Waals surface area (Å²) in [6.45, 7) is 2.94. The number of urea groups is 1. The highest BCUT2D eigenvalue weighted by atomic mass is 32.2. The maximum Gasteiger partial charge on any atom is 0.325 e. The Labute approximate surface area is 181 Å². The van der Waals surface area contributed by atoms with Crippen molar-refractivity contribution in [2.24, 2.45) is 0 Å². The summed E-state index contributed by atoms with van der Waals surface area (Å²) in [7, 11) is -6.62. The monoisotopic (exact) mass is 471 g/mol. The average Bonchev–Trinajstić information content (AvgIpc) is 3.14. The van der Waals surface area contributed by atoms with Crippen LogP contribution in [0.5, 0.6) is 0 Å². The van der Waals surface area contributed by atoms with Crippen molar-refractivity contribution in [2.75, 3.05) is 30.9 Å². The number of benzene rings is 1. The summed E-state index contributed by atoms with van der Waals surface area (Å²) in [4.78, 5) is 40.6. The number of sulfone groups is 2. The number of nitrogens with zero attached hydrogens (tertiary/aromatic N) is 2. The normalized spacial score (nSPS) is 25.5. The highest BCUT2D eigenvalue weighted by molar-refractivity contribution is 7.91. The van der Waals surface area contributed by atoms with Crippen LogP contribution in [0, 0.1) is 0 Å². The van der Waals surface area contributed by atoms with Gasteiger partial charge in [-0.25, -0.2) is 21.6 Å². The quantitative estimate of drug-likeness (QED) is 0.572. The minimum Gasteiger partial charge on any atom is -0.337 e. The zero-order valence-electron chi connectivity index (χ0n) is 17.5. The lowest BCUT2D eigenvalue weighted by atomic mass is 9.92. The molecule has 2 aliphatic heterocycles. The van der Waals surface area contributed by atoms with Crippen LogP contribution >= 0.6 is 0 Å². The summed E-state index contributed by atoms with van der Waals surface area (Å²) in [5.41, 5.74) is -1.08. The van der Waals surface area contributed by atoms with Gasteiger partial charge in [-0.1, -0.05) is 12.1 Å². The molecular weight excluding hydrogens is 446 g/mol. The van der Waals surface area contributed by atoms with Gasteiger partial charge >= 0.3 is 6.03 Å². The number of carbonyl (C=O) groups excluding carboxylic acids is 3. The number of likely N-dealkylation sites (N-methyl/N-ethyl adjacent to an activating group) is 1. The molecule has 2 aliphatic rings. The molecule has 2 atom stereocenters. The van der Waals surface area contributed by atoms with Gasteiger partial charge in [0.25, 0.3) is 5.91 Å². The van der Waals surface area contributed by atoms with Crippen molar-refractivity contribution in [1.82, 2.24) is 15.1 Å². The van der Waals surface area contributed by atoms with E-state index < -0.39 is 55.6 Å². The van der Waals surface area contributed by atoms with E-state index in [1.54, 1.807) is 6.92 Å². The third kappa shape index (κ3) is 4.45.